The Morgan fingerprint density at radius 1 is 1.23 bits per heavy atom. The van der Waals surface area contributed by atoms with Gasteiger partial charge in [0.25, 0.3) is 5.91 Å². The van der Waals surface area contributed by atoms with Gasteiger partial charge in [0.15, 0.2) is 0 Å². The molecule has 3 aromatic rings. The summed E-state index contributed by atoms with van der Waals surface area (Å²) in [6, 6.07) is 15.0. The molecule has 0 aliphatic heterocycles. The van der Waals surface area contributed by atoms with Crippen LogP contribution in [-0.4, -0.2) is 29.8 Å². The van der Waals surface area contributed by atoms with E-state index in [2.05, 4.69) is 15.5 Å². The summed E-state index contributed by atoms with van der Waals surface area (Å²) in [5.41, 5.74) is 9.40. The maximum Gasteiger partial charge on any atom is 0.251 e. The van der Waals surface area contributed by atoms with Crippen molar-refractivity contribution in [3.05, 3.63) is 72.1 Å². The Morgan fingerprint density at radius 3 is 2.69 bits per heavy atom. The van der Waals surface area contributed by atoms with Gasteiger partial charge < -0.3 is 15.8 Å². The molecule has 0 aliphatic carbocycles. The Bertz CT molecular complexity index is 845. The Morgan fingerprint density at radius 2 is 2.04 bits per heavy atom. The van der Waals surface area contributed by atoms with Crippen LogP contribution in [0.25, 0.3) is 11.1 Å². The van der Waals surface area contributed by atoms with Gasteiger partial charge in [0, 0.05) is 17.3 Å². The van der Waals surface area contributed by atoms with Crippen LogP contribution >= 0.6 is 0 Å². The first-order valence-electron chi connectivity index (χ1n) is 8.45. The number of methoxy groups -OCH3 is 1. The number of aromatic amines is 1. The zero-order valence-corrected chi connectivity index (χ0v) is 14.6. The van der Waals surface area contributed by atoms with Gasteiger partial charge in [0.1, 0.15) is 5.75 Å². The lowest BCUT2D eigenvalue weighted by atomic mass is 10.00. The molecule has 3 rings (SSSR count). The third-order valence-corrected chi connectivity index (χ3v) is 4.24. The van der Waals surface area contributed by atoms with Crippen molar-refractivity contribution in [1.29, 1.82) is 0 Å². The molecule has 1 amide bonds. The van der Waals surface area contributed by atoms with Crippen LogP contribution in [0.1, 0.15) is 28.4 Å². The van der Waals surface area contributed by atoms with Crippen LogP contribution in [0, 0.1) is 0 Å². The number of nitrogens with two attached hydrogens (primary N) is 1. The lowest BCUT2D eigenvalue weighted by Crippen LogP contribution is -2.30. The van der Waals surface area contributed by atoms with E-state index in [1.807, 2.05) is 36.5 Å². The fraction of sp³-hybridized carbons (Fsp3) is 0.200. The average Bonchev–Trinajstić information content (AvgIpc) is 3.22. The first-order valence-corrected chi connectivity index (χ1v) is 8.45. The normalized spacial score (nSPS) is 11.8. The van der Waals surface area contributed by atoms with E-state index in [0.717, 1.165) is 16.7 Å². The van der Waals surface area contributed by atoms with Crippen LogP contribution in [0.2, 0.25) is 0 Å². The molecule has 6 nitrogen and oxygen atoms in total. The summed E-state index contributed by atoms with van der Waals surface area (Å²) >= 11 is 0. The molecule has 4 N–H and O–H groups in total. The van der Waals surface area contributed by atoms with E-state index < -0.39 is 0 Å². The molecule has 6 heteroatoms. The van der Waals surface area contributed by atoms with E-state index in [-0.39, 0.29) is 11.9 Å². The highest BCUT2D eigenvalue weighted by Gasteiger charge is 2.16. The van der Waals surface area contributed by atoms with Gasteiger partial charge in [-0.25, -0.2) is 0 Å². The fourth-order valence-electron chi connectivity index (χ4n) is 2.81. The van der Waals surface area contributed by atoms with Gasteiger partial charge in [-0.1, -0.05) is 30.3 Å². The maximum atomic E-state index is 12.6. The van der Waals surface area contributed by atoms with Gasteiger partial charge in [0.05, 0.1) is 19.3 Å². The van der Waals surface area contributed by atoms with Crippen LogP contribution in [-0.2, 0) is 0 Å². The van der Waals surface area contributed by atoms with Crippen molar-refractivity contribution in [2.24, 2.45) is 5.73 Å². The third-order valence-electron chi connectivity index (χ3n) is 4.24. The predicted molar refractivity (Wildman–Crippen MR) is 101 cm³/mol. The Hall–Kier alpha value is -3.12. The Labute approximate surface area is 152 Å². The summed E-state index contributed by atoms with van der Waals surface area (Å²) in [7, 11) is 1.58. The summed E-state index contributed by atoms with van der Waals surface area (Å²) in [4.78, 5) is 12.6. The lowest BCUT2D eigenvalue weighted by molar-refractivity contribution is 0.0935. The number of benzene rings is 2. The molecule has 0 spiro atoms. The highest BCUT2D eigenvalue weighted by atomic mass is 16.5. The zero-order chi connectivity index (χ0) is 18.4. The predicted octanol–water partition coefficient (Wildman–Crippen LogP) is 2.91. The minimum Gasteiger partial charge on any atom is -0.497 e. The summed E-state index contributed by atoms with van der Waals surface area (Å²) in [5, 5.41) is 9.83. The van der Waals surface area contributed by atoms with Crippen molar-refractivity contribution in [3.63, 3.8) is 0 Å². The smallest absolute Gasteiger partial charge is 0.251 e. The van der Waals surface area contributed by atoms with Crippen LogP contribution in [0.4, 0.5) is 0 Å². The van der Waals surface area contributed by atoms with Crippen molar-refractivity contribution < 1.29 is 9.53 Å². The summed E-state index contributed by atoms with van der Waals surface area (Å²) in [6.07, 6.45) is 4.27. The van der Waals surface area contributed by atoms with Crippen LogP contribution in [0.3, 0.4) is 0 Å². The summed E-state index contributed by atoms with van der Waals surface area (Å²) in [5.74, 6) is 0.499. The first-order chi connectivity index (χ1) is 12.7. The van der Waals surface area contributed by atoms with Gasteiger partial charge in [-0.2, -0.15) is 5.10 Å². The van der Waals surface area contributed by atoms with Gasteiger partial charge >= 0.3 is 0 Å². The van der Waals surface area contributed by atoms with Crippen LogP contribution < -0.4 is 15.8 Å². The molecule has 0 aliphatic rings. The minimum absolute atomic E-state index is 0.152. The quantitative estimate of drug-likeness (QED) is 0.611. The Balaban J connectivity index is 1.77. The number of ether oxygens (including phenoxy) is 1. The number of rotatable bonds is 7. The highest BCUT2D eigenvalue weighted by molar-refractivity contribution is 5.94. The summed E-state index contributed by atoms with van der Waals surface area (Å²) < 4.78 is 5.18. The highest BCUT2D eigenvalue weighted by Crippen LogP contribution is 2.23. The first kappa shape index (κ1) is 17.7. The number of nitrogens with zero attached hydrogens (tertiary/aromatic N) is 1. The molecule has 1 atom stereocenters. The average molecular weight is 350 g/mol. The SMILES string of the molecule is COc1cccc(C(=O)NC(CCN)c2ccc(-c3cn[nH]c3)cc2)c1. The van der Waals surface area contributed by atoms with Gasteiger partial charge in [-0.15, -0.1) is 0 Å². The van der Waals surface area contributed by atoms with Gasteiger partial charge in [0.2, 0.25) is 0 Å². The summed E-state index contributed by atoms with van der Waals surface area (Å²) in [6.45, 7) is 0.479. The van der Waals surface area contributed by atoms with Crippen molar-refractivity contribution in [3.8, 4) is 16.9 Å². The second-order valence-electron chi connectivity index (χ2n) is 5.94. The van der Waals surface area contributed by atoms with E-state index in [9.17, 15) is 4.79 Å². The topological polar surface area (TPSA) is 93.0 Å². The molecule has 134 valence electrons. The van der Waals surface area contributed by atoms with Crippen molar-refractivity contribution >= 4 is 5.91 Å². The zero-order valence-electron chi connectivity index (χ0n) is 14.6. The standard InChI is InChI=1S/C20H22N4O2/c1-26-18-4-2-3-16(11-18)20(25)24-19(9-10-21)15-7-5-14(6-8-15)17-12-22-23-13-17/h2-8,11-13,19H,9-10,21H2,1H3,(H,22,23)(H,24,25). The second kappa shape index (κ2) is 8.31. The van der Waals surface area contributed by atoms with E-state index in [0.29, 0.717) is 24.3 Å². The maximum absolute atomic E-state index is 12.6. The number of H-pyrrole nitrogens is 1. The van der Waals surface area contributed by atoms with Gasteiger partial charge in [-0.05, 0) is 42.3 Å². The molecule has 26 heavy (non-hydrogen) atoms. The largest absolute Gasteiger partial charge is 0.497 e. The second-order valence-corrected chi connectivity index (χ2v) is 5.94. The third kappa shape index (κ3) is 4.10. The fourth-order valence-corrected chi connectivity index (χ4v) is 2.81. The molecule has 0 saturated heterocycles. The molecule has 0 bridgehead atoms. The minimum atomic E-state index is -0.155. The molecule has 2 aromatic carbocycles. The van der Waals surface area contributed by atoms with Crippen LogP contribution in [0.15, 0.2) is 60.9 Å². The monoisotopic (exact) mass is 350 g/mol. The number of hydrogen-bond donors (Lipinski definition) is 3. The molecule has 1 unspecified atom stereocenters. The molecule has 0 radical (unpaired) electrons. The number of amides is 1. The van der Waals surface area contributed by atoms with E-state index in [4.69, 9.17) is 10.5 Å². The number of carbonyl (C=O) groups excluding carboxylic acids is 1. The lowest BCUT2D eigenvalue weighted by Gasteiger charge is -2.19. The van der Waals surface area contributed by atoms with Crippen molar-refractivity contribution in [2.75, 3.05) is 13.7 Å². The molecule has 0 fully saturated rings. The molecule has 0 saturated carbocycles. The number of nitrogens with one attached hydrogen (secondary N) is 2. The number of carbonyl (C=O) groups is 1. The molecule has 1 heterocycles. The molecular weight excluding hydrogens is 328 g/mol. The molecular formula is C20H22N4O2. The number of aromatic nitrogens is 2. The van der Waals surface area contributed by atoms with E-state index >= 15 is 0 Å². The van der Waals surface area contributed by atoms with Gasteiger partial charge in [-0.3, -0.25) is 9.89 Å². The van der Waals surface area contributed by atoms with E-state index in [1.54, 1.807) is 31.5 Å². The molecule has 1 aromatic heterocycles. The van der Waals surface area contributed by atoms with Crippen molar-refractivity contribution in [1.82, 2.24) is 15.5 Å². The number of hydrogen-bond acceptors (Lipinski definition) is 4. The van der Waals surface area contributed by atoms with Crippen molar-refractivity contribution in [2.45, 2.75) is 12.5 Å². The van der Waals surface area contributed by atoms with Crippen LogP contribution in [0.5, 0.6) is 5.75 Å². The van der Waals surface area contributed by atoms with E-state index in [1.165, 1.54) is 0 Å². The Kier molecular flexibility index (Phi) is 5.66.